The van der Waals surface area contributed by atoms with Gasteiger partial charge in [-0.3, -0.25) is 4.79 Å². The summed E-state index contributed by atoms with van der Waals surface area (Å²) in [6, 6.07) is 8.01. The molecular weight excluding hydrogens is 262 g/mol. The van der Waals surface area contributed by atoms with Gasteiger partial charge in [-0.25, -0.2) is 0 Å². The first-order valence-electron chi connectivity index (χ1n) is 7.53. The molecule has 0 atom stereocenters. The maximum absolute atomic E-state index is 12.8. The van der Waals surface area contributed by atoms with Gasteiger partial charge in [0.1, 0.15) is 0 Å². The maximum atomic E-state index is 12.8. The van der Waals surface area contributed by atoms with E-state index in [1.807, 2.05) is 39.0 Å². The number of carbonyl (C=O) groups is 1. The van der Waals surface area contributed by atoms with Crippen LogP contribution in [0.15, 0.2) is 18.2 Å². The van der Waals surface area contributed by atoms with E-state index in [1.165, 1.54) is 0 Å². The highest BCUT2D eigenvalue weighted by molar-refractivity contribution is 6.00. The van der Waals surface area contributed by atoms with Crippen LogP contribution < -0.4 is 5.32 Å². The number of anilines is 1. The summed E-state index contributed by atoms with van der Waals surface area (Å²) in [7, 11) is 0. The smallest absolute Gasteiger partial charge is 0.256 e. The molecule has 0 aliphatic carbocycles. The van der Waals surface area contributed by atoms with Gasteiger partial charge in [-0.15, -0.1) is 0 Å². The van der Waals surface area contributed by atoms with Crippen molar-refractivity contribution in [1.29, 1.82) is 5.26 Å². The molecule has 4 nitrogen and oxygen atoms in total. The molecule has 1 amide bonds. The van der Waals surface area contributed by atoms with Crippen LogP contribution in [-0.2, 0) is 0 Å². The van der Waals surface area contributed by atoms with Gasteiger partial charge in [0.05, 0.1) is 18.1 Å². The molecule has 4 heteroatoms. The Kier molecular flexibility index (Phi) is 6.74. The molecule has 0 heterocycles. The van der Waals surface area contributed by atoms with Crippen molar-refractivity contribution >= 4 is 11.6 Å². The molecule has 1 aromatic carbocycles. The number of carbonyl (C=O) groups excluding carboxylic acids is 1. The molecular formula is C17H25N3O. The molecule has 114 valence electrons. The molecule has 1 aromatic rings. The third-order valence-electron chi connectivity index (χ3n) is 3.32. The van der Waals surface area contributed by atoms with Crippen molar-refractivity contribution < 1.29 is 4.79 Å². The topological polar surface area (TPSA) is 56.1 Å². The van der Waals surface area contributed by atoms with E-state index in [0.717, 1.165) is 24.2 Å². The Balaban J connectivity index is 3.06. The molecule has 1 N–H and O–H groups in total. The van der Waals surface area contributed by atoms with Crippen molar-refractivity contribution in [3.05, 3.63) is 29.3 Å². The average Bonchev–Trinajstić information content (AvgIpc) is 2.45. The van der Waals surface area contributed by atoms with E-state index in [9.17, 15) is 4.79 Å². The minimum Gasteiger partial charge on any atom is -0.384 e. The number of benzene rings is 1. The number of aryl methyl sites for hydroxylation is 1. The van der Waals surface area contributed by atoms with E-state index >= 15 is 0 Å². The van der Waals surface area contributed by atoms with Crippen molar-refractivity contribution in [1.82, 2.24) is 4.90 Å². The molecule has 0 aliphatic heterocycles. The Bertz CT molecular complexity index is 517. The number of nitrogens with one attached hydrogen (secondary N) is 1. The monoisotopic (exact) mass is 287 g/mol. The van der Waals surface area contributed by atoms with Crippen LogP contribution in [-0.4, -0.2) is 29.9 Å². The van der Waals surface area contributed by atoms with Crippen LogP contribution in [0.1, 0.15) is 49.5 Å². The Morgan fingerprint density at radius 3 is 2.71 bits per heavy atom. The molecule has 0 saturated carbocycles. The fraction of sp³-hybridized carbons (Fsp3) is 0.529. The number of rotatable bonds is 7. The van der Waals surface area contributed by atoms with E-state index in [-0.39, 0.29) is 11.9 Å². The first kappa shape index (κ1) is 17.0. The second-order valence-electron chi connectivity index (χ2n) is 5.48. The molecule has 0 radical (unpaired) electrons. The standard InChI is InChI=1S/C17H25N3O/c1-5-10-19-16-12-14(4)7-8-15(16)17(21)20(13(2)3)11-6-9-18/h7-8,12-13,19H,5-6,10-11H2,1-4H3. The first-order chi connectivity index (χ1) is 10.0. The molecule has 0 fully saturated rings. The lowest BCUT2D eigenvalue weighted by Crippen LogP contribution is -2.38. The normalized spacial score (nSPS) is 10.3. The summed E-state index contributed by atoms with van der Waals surface area (Å²) < 4.78 is 0. The van der Waals surface area contributed by atoms with E-state index in [2.05, 4.69) is 18.3 Å². The Labute approximate surface area is 127 Å². The van der Waals surface area contributed by atoms with Gasteiger partial charge in [0.2, 0.25) is 0 Å². The summed E-state index contributed by atoms with van der Waals surface area (Å²) in [6.07, 6.45) is 1.36. The van der Waals surface area contributed by atoms with Gasteiger partial charge in [-0.1, -0.05) is 13.0 Å². The summed E-state index contributed by atoms with van der Waals surface area (Å²) >= 11 is 0. The van der Waals surface area contributed by atoms with Crippen molar-refractivity contribution in [2.75, 3.05) is 18.4 Å². The van der Waals surface area contributed by atoms with Gasteiger partial charge in [-0.2, -0.15) is 5.26 Å². The van der Waals surface area contributed by atoms with E-state index < -0.39 is 0 Å². The first-order valence-corrected chi connectivity index (χ1v) is 7.53. The highest BCUT2D eigenvalue weighted by Gasteiger charge is 2.21. The minimum absolute atomic E-state index is 0.0150. The van der Waals surface area contributed by atoms with Crippen molar-refractivity contribution in [2.24, 2.45) is 0 Å². The molecule has 21 heavy (non-hydrogen) atoms. The number of hydrogen-bond acceptors (Lipinski definition) is 3. The fourth-order valence-electron chi connectivity index (χ4n) is 2.17. The molecule has 1 rings (SSSR count). The van der Waals surface area contributed by atoms with Gasteiger partial charge >= 0.3 is 0 Å². The highest BCUT2D eigenvalue weighted by Crippen LogP contribution is 2.21. The molecule has 0 aromatic heterocycles. The minimum atomic E-state index is -0.0150. The van der Waals surface area contributed by atoms with Gasteiger partial charge in [0.15, 0.2) is 0 Å². The maximum Gasteiger partial charge on any atom is 0.256 e. The third-order valence-corrected chi connectivity index (χ3v) is 3.32. The predicted octanol–water partition coefficient (Wildman–Crippen LogP) is 3.58. The summed E-state index contributed by atoms with van der Waals surface area (Å²) in [5.74, 6) is -0.0150. The Hall–Kier alpha value is -2.02. The molecule has 0 bridgehead atoms. The number of amides is 1. The zero-order valence-electron chi connectivity index (χ0n) is 13.4. The number of hydrogen-bond donors (Lipinski definition) is 1. The van der Waals surface area contributed by atoms with Crippen LogP contribution in [0.5, 0.6) is 0 Å². The molecule has 0 unspecified atom stereocenters. The SMILES string of the molecule is CCCNc1cc(C)ccc1C(=O)N(CCC#N)C(C)C. The summed E-state index contributed by atoms with van der Waals surface area (Å²) in [4.78, 5) is 14.5. The molecule has 0 saturated heterocycles. The third kappa shape index (κ3) is 4.78. The van der Waals surface area contributed by atoms with Crippen LogP contribution in [0.25, 0.3) is 0 Å². The van der Waals surface area contributed by atoms with Gasteiger partial charge in [0.25, 0.3) is 5.91 Å². The lowest BCUT2D eigenvalue weighted by Gasteiger charge is -2.27. The zero-order valence-corrected chi connectivity index (χ0v) is 13.4. The summed E-state index contributed by atoms with van der Waals surface area (Å²) in [5.41, 5.74) is 2.68. The van der Waals surface area contributed by atoms with E-state index in [4.69, 9.17) is 5.26 Å². The van der Waals surface area contributed by atoms with Crippen LogP contribution in [0, 0.1) is 18.3 Å². The fourth-order valence-corrected chi connectivity index (χ4v) is 2.17. The van der Waals surface area contributed by atoms with Crippen LogP contribution in [0.4, 0.5) is 5.69 Å². The van der Waals surface area contributed by atoms with Gasteiger partial charge in [-0.05, 0) is 44.9 Å². The van der Waals surface area contributed by atoms with Gasteiger partial charge < -0.3 is 10.2 Å². The van der Waals surface area contributed by atoms with Gasteiger partial charge in [0, 0.05) is 24.8 Å². The second kappa shape index (κ2) is 8.31. The Morgan fingerprint density at radius 2 is 2.14 bits per heavy atom. The number of nitrogens with zero attached hydrogens (tertiary/aromatic N) is 2. The van der Waals surface area contributed by atoms with Crippen LogP contribution in [0.3, 0.4) is 0 Å². The Morgan fingerprint density at radius 1 is 1.43 bits per heavy atom. The summed E-state index contributed by atoms with van der Waals surface area (Å²) in [6.45, 7) is 9.36. The zero-order chi connectivity index (χ0) is 15.8. The lowest BCUT2D eigenvalue weighted by atomic mass is 10.1. The summed E-state index contributed by atoms with van der Waals surface area (Å²) in [5, 5.41) is 12.1. The van der Waals surface area contributed by atoms with Crippen molar-refractivity contribution in [3.8, 4) is 6.07 Å². The number of nitriles is 1. The average molecular weight is 287 g/mol. The predicted molar refractivity (Wildman–Crippen MR) is 86.4 cm³/mol. The largest absolute Gasteiger partial charge is 0.384 e. The molecule has 0 spiro atoms. The second-order valence-corrected chi connectivity index (χ2v) is 5.48. The quantitative estimate of drug-likeness (QED) is 0.834. The highest BCUT2D eigenvalue weighted by atomic mass is 16.2. The van der Waals surface area contributed by atoms with E-state index in [1.54, 1.807) is 4.90 Å². The van der Waals surface area contributed by atoms with Crippen LogP contribution >= 0.6 is 0 Å². The van der Waals surface area contributed by atoms with Crippen LogP contribution in [0.2, 0.25) is 0 Å². The molecule has 0 aliphatic rings. The van der Waals surface area contributed by atoms with E-state index in [0.29, 0.717) is 18.5 Å². The van der Waals surface area contributed by atoms with Crippen molar-refractivity contribution in [2.45, 2.75) is 46.6 Å². The van der Waals surface area contributed by atoms with Crippen molar-refractivity contribution in [3.63, 3.8) is 0 Å². The lowest BCUT2D eigenvalue weighted by molar-refractivity contribution is 0.0711.